The molecule has 14 heavy (non-hydrogen) atoms. The molecule has 3 nitrogen and oxygen atoms in total. The van der Waals surface area contributed by atoms with Crippen molar-refractivity contribution in [3.8, 4) is 0 Å². The Morgan fingerprint density at radius 3 is 3.00 bits per heavy atom. The standard InChI is InChI=1S/C10H13NO2S/c1-11-5-8(10(12)13)4-9(11)7-2-3-14-6-7/h2-3,6,8-9H,4-5H2,1H3,(H,12,13)/t8-,9-/m1/s1. The van der Waals surface area contributed by atoms with Crippen molar-refractivity contribution in [2.75, 3.05) is 13.6 Å². The molecule has 2 rings (SSSR count). The van der Waals surface area contributed by atoms with E-state index in [0.717, 1.165) is 6.42 Å². The maximum Gasteiger partial charge on any atom is 0.307 e. The van der Waals surface area contributed by atoms with Crippen molar-refractivity contribution in [1.29, 1.82) is 0 Å². The summed E-state index contributed by atoms with van der Waals surface area (Å²) in [4.78, 5) is 13.0. The molecule has 0 saturated carbocycles. The number of nitrogens with zero attached hydrogens (tertiary/aromatic N) is 1. The summed E-state index contributed by atoms with van der Waals surface area (Å²) < 4.78 is 0. The minimum absolute atomic E-state index is 0.204. The molecule has 0 radical (unpaired) electrons. The van der Waals surface area contributed by atoms with E-state index in [2.05, 4.69) is 16.3 Å². The summed E-state index contributed by atoms with van der Waals surface area (Å²) in [7, 11) is 1.99. The van der Waals surface area contributed by atoms with Crippen molar-refractivity contribution in [3.05, 3.63) is 22.4 Å². The van der Waals surface area contributed by atoms with Crippen molar-refractivity contribution < 1.29 is 9.90 Å². The van der Waals surface area contributed by atoms with Gasteiger partial charge in [-0.25, -0.2) is 0 Å². The predicted octanol–water partition coefficient (Wildman–Crippen LogP) is 1.83. The summed E-state index contributed by atoms with van der Waals surface area (Å²) in [5.41, 5.74) is 1.25. The van der Waals surface area contributed by atoms with Gasteiger partial charge in [-0.2, -0.15) is 11.3 Å². The number of carboxylic acid groups (broad SMARTS) is 1. The lowest BCUT2D eigenvalue weighted by Gasteiger charge is -2.17. The third-order valence-electron chi connectivity index (χ3n) is 2.83. The molecule has 2 atom stereocenters. The lowest BCUT2D eigenvalue weighted by molar-refractivity contribution is -0.141. The summed E-state index contributed by atoms with van der Waals surface area (Å²) >= 11 is 1.66. The first-order valence-electron chi connectivity index (χ1n) is 4.63. The minimum atomic E-state index is -0.672. The Morgan fingerprint density at radius 1 is 1.71 bits per heavy atom. The van der Waals surface area contributed by atoms with Gasteiger partial charge >= 0.3 is 5.97 Å². The SMILES string of the molecule is CN1C[C@H](C(=O)O)C[C@@H]1c1ccsc1. The number of likely N-dealkylation sites (tertiary alicyclic amines) is 1. The summed E-state index contributed by atoms with van der Waals surface area (Å²) in [5, 5.41) is 13.1. The summed E-state index contributed by atoms with van der Waals surface area (Å²) in [6.45, 7) is 0.663. The van der Waals surface area contributed by atoms with Crippen LogP contribution in [0.5, 0.6) is 0 Å². The second-order valence-electron chi connectivity index (χ2n) is 3.78. The molecular weight excluding hydrogens is 198 g/mol. The van der Waals surface area contributed by atoms with E-state index in [9.17, 15) is 4.79 Å². The van der Waals surface area contributed by atoms with E-state index < -0.39 is 5.97 Å². The Hall–Kier alpha value is -0.870. The molecule has 1 fully saturated rings. The van der Waals surface area contributed by atoms with Gasteiger partial charge in [0.25, 0.3) is 0 Å². The van der Waals surface area contributed by atoms with E-state index >= 15 is 0 Å². The van der Waals surface area contributed by atoms with E-state index in [1.807, 2.05) is 12.4 Å². The van der Waals surface area contributed by atoms with Gasteiger partial charge in [-0.05, 0) is 35.9 Å². The molecule has 1 aromatic heterocycles. The van der Waals surface area contributed by atoms with Crippen LogP contribution in [0.3, 0.4) is 0 Å². The van der Waals surface area contributed by atoms with Gasteiger partial charge in [-0.1, -0.05) is 0 Å². The largest absolute Gasteiger partial charge is 0.481 e. The molecule has 2 heterocycles. The number of hydrogen-bond donors (Lipinski definition) is 1. The number of hydrogen-bond acceptors (Lipinski definition) is 3. The van der Waals surface area contributed by atoms with Crippen molar-refractivity contribution in [3.63, 3.8) is 0 Å². The van der Waals surface area contributed by atoms with Crippen LogP contribution in [0.1, 0.15) is 18.0 Å². The molecule has 76 valence electrons. The summed E-state index contributed by atoms with van der Waals surface area (Å²) in [6.07, 6.45) is 0.739. The van der Waals surface area contributed by atoms with Crippen LogP contribution in [-0.2, 0) is 4.79 Å². The van der Waals surface area contributed by atoms with Gasteiger partial charge in [-0.15, -0.1) is 0 Å². The van der Waals surface area contributed by atoms with Gasteiger partial charge < -0.3 is 5.11 Å². The second-order valence-corrected chi connectivity index (χ2v) is 4.56. The highest BCUT2D eigenvalue weighted by Crippen LogP contribution is 2.34. The van der Waals surface area contributed by atoms with E-state index in [-0.39, 0.29) is 5.92 Å². The van der Waals surface area contributed by atoms with Crippen LogP contribution < -0.4 is 0 Å². The van der Waals surface area contributed by atoms with Crippen molar-refractivity contribution in [2.24, 2.45) is 5.92 Å². The average molecular weight is 211 g/mol. The molecule has 1 N–H and O–H groups in total. The average Bonchev–Trinajstić information content (AvgIpc) is 2.71. The second kappa shape index (κ2) is 3.71. The molecule has 0 aliphatic carbocycles. The van der Waals surface area contributed by atoms with Gasteiger partial charge in [0.1, 0.15) is 0 Å². The van der Waals surface area contributed by atoms with Crippen LogP contribution in [0.4, 0.5) is 0 Å². The number of thiophene rings is 1. The monoisotopic (exact) mass is 211 g/mol. The van der Waals surface area contributed by atoms with E-state index in [0.29, 0.717) is 12.6 Å². The Balaban J connectivity index is 2.12. The Labute approximate surface area is 87.0 Å². The molecule has 0 spiro atoms. The van der Waals surface area contributed by atoms with Crippen molar-refractivity contribution >= 4 is 17.3 Å². The van der Waals surface area contributed by atoms with Crippen LogP contribution in [0.25, 0.3) is 0 Å². The van der Waals surface area contributed by atoms with Gasteiger partial charge in [0.15, 0.2) is 0 Å². The third kappa shape index (κ3) is 1.67. The number of aliphatic carboxylic acids is 1. The molecule has 0 amide bonds. The molecule has 1 aliphatic rings. The topological polar surface area (TPSA) is 40.5 Å². The number of rotatable bonds is 2. The first kappa shape index (κ1) is 9.68. The third-order valence-corrected chi connectivity index (χ3v) is 3.53. The molecule has 0 aromatic carbocycles. The fraction of sp³-hybridized carbons (Fsp3) is 0.500. The van der Waals surface area contributed by atoms with E-state index in [4.69, 9.17) is 5.11 Å². The molecule has 1 saturated heterocycles. The van der Waals surface area contributed by atoms with Gasteiger partial charge in [-0.3, -0.25) is 9.69 Å². The zero-order chi connectivity index (χ0) is 10.1. The zero-order valence-electron chi connectivity index (χ0n) is 8.01. The van der Waals surface area contributed by atoms with E-state index in [1.165, 1.54) is 5.56 Å². The summed E-state index contributed by atoms with van der Waals surface area (Å²) in [6, 6.07) is 2.37. The highest BCUT2D eigenvalue weighted by molar-refractivity contribution is 7.07. The number of carbonyl (C=O) groups is 1. The molecule has 0 unspecified atom stereocenters. The molecule has 0 bridgehead atoms. The quantitative estimate of drug-likeness (QED) is 0.811. The zero-order valence-corrected chi connectivity index (χ0v) is 8.83. The highest BCUT2D eigenvalue weighted by Gasteiger charge is 2.34. The molecule has 4 heteroatoms. The fourth-order valence-electron chi connectivity index (χ4n) is 2.03. The molecule has 1 aromatic rings. The Bertz CT molecular complexity index is 323. The van der Waals surface area contributed by atoms with Gasteiger partial charge in [0.05, 0.1) is 5.92 Å². The van der Waals surface area contributed by atoms with Crippen LogP contribution >= 0.6 is 11.3 Å². The minimum Gasteiger partial charge on any atom is -0.481 e. The van der Waals surface area contributed by atoms with Crippen LogP contribution in [0.15, 0.2) is 16.8 Å². The maximum atomic E-state index is 10.8. The fourth-order valence-corrected chi connectivity index (χ4v) is 2.74. The first-order chi connectivity index (χ1) is 6.68. The lowest BCUT2D eigenvalue weighted by Crippen LogP contribution is -2.20. The Morgan fingerprint density at radius 2 is 2.50 bits per heavy atom. The van der Waals surface area contributed by atoms with Crippen molar-refractivity contribution in [2.45, 2.75) is 12.5 Å². The maximum absolute atomic E-state index is 10.8. The normalized spacial score (nSPS) is 28.1. The lowest BCUT2D eigenvalue weighted by atomic mass is 10.0. The first-order valence-corrected chi connectivity index (χ1v) is 5.58. The number of carboxylic acids is 1. The summed E-state index contributed by atoms with van der Waals surface area (Å²) in [5.74, 6) is -0.875. The molecular formula is C10H13NO2S. The van der Waals surface area contributed by atoms with E-state index in [1.54, 1.807) is 11.3 Å². The van der Waals surface area contributed by atoms with Gasteiger partial charge in [0.2, 0.25) is 0 Å². The van der Waals surface area contributed by atoms with Crippen LogP contribution in [-0.4, -0.2) is 29.6 Å². The Kier molecular flexibility index (Phi) is 2.56. The predicted molar refractivity (Wildman–Crippen MR) is 55.4 cm³/mol. The highest BCUT2D eigenvalue weighted by atomic mass is 32.1. The smallest absolute Gasteiger partial charge is 0.307 e. The van der Waals surface area contributed by atoms with Crippen LogP contribution in [0, 0.1) is 5.92 Å². The van der Waals surface area contributed by atoms with Gasteiger partial charge in [0, 0.05) is 12.6 Å². The van der Waals surface area contributed by atoms with Crippen LogP contribution in [0.2, 0.25) is 0 Å². The van der Waals surface area contributed by atoms with Crippen molar-refractivity contribution in [1.82, 2.24) is 4.90 Å². The molecule has 1 aliphatic heterocycles.